The molecule has 2 nitrogen and oxygen atoms in total. The molecular formula is C17H12BrCl2F3O2. The number of rotatable bonds is 6. The number of halogens is 6. The lowest BCUT2D eigenvalue weighted by Crippen LogP contribution is -2.08. The highest BCUT2D eigenvalue weighted by atomic mass is 79.9. The predicted molar refractivity (Wildman–Crippen MR) is 95.8 cm³/mol. The first-order chi connectivity index (χ1) is 11.8. The molecule has 2 rings (SSSR count). The fraction of sp³-hybridized carbons (Fsp3) is 0.176. The van der Waals surface area contributed by atoms with Crippen LogP contribution in [-0.4, -0.2) is 12.8 Å². The van der Waals surface area contributed by atoms with E-state index in [1.807, 2.05) is 30.3 Å². The Morgan fingerprint density at radius 1 is 1.04 bits per heavy atom. The zero-order valence-electron chi connectivity index (χ0n) is 12.6. The van der Waals surface area contributed by atoms with Gasteiger partial charge >= 0.3 is 6.18 Å². The Bertz CT molecular complexity index is 726. The van der Waals surface area contributed by atoms with E-state index in [9.17, 15) is 13.2 Å². The van der Waals surface area contributed by atoms with Gasteiger partial charge in [-0.2, -0.15) is 13.2 Å². The Labute approximate surface area is 161 Å². The van der Waals surface area contributed by atoms with Gasteiger partial charge in [-0.25, -0.2) is 0 Å². The molecule has 0 saturated heterocycles. The van der Waals surface area contributed by atoms with Gasteiger partial charge in [0, 0.05) is 12.1 Å². The second-order valence-electron chi connectivity index (χ2n) is 4.85. The summed E-state index contributed by atoms with van der Waals surface area (Å²) in [7, 11) is 0. The van der Waals surface area contributed by atoms with Gasteiger partial charge in [0.1, 0.15) is 19.0 Å². The first-order valence-corrected chi connectivity index (χ1v) is 8.53. The van der Waals surface area contributed by atoms with Crippen LogP contribution in [0.25, 0.3) is 0 Å². The van der Waals surface area contributed by atoms with Gasteiger partial charge in [0.2, 0.25) is 0 Å². The van der Waals surface area contributed by atoms with Gasteiger partial charge in [-0.05, 0) is 27.6 Å². The van der Waals surface area contributed by atoms with Crippen molar-refractivity contribution in [3.63, 3.8) is 0 Å². The molecule has 0 spiro atoms. The van der Waals surface area contributed by atoms with Crippen LogP contribution in [0.15, 0.2) is 53.0 Å². The lowest BCUT2D eigenvalue weighted by atomic mass is 10.2. The summed E-state index contributed by atoms with van der Waals surface area (Å²) in [5, 5.41) is 0.291. The Hall–Kier alpha value is -1.37. The van der Waals surface area contributed by atoms with Crippen LogP contribution in [0.4, 0.5) is 13.2 Å². The molecule has 0 radical (unpaired) electrons. The summed E-state index contributed by atoms with van der Waals surface area (Å²) in [6.07, 6.45) is -3.63. The largest absolute Gasteiger partial charge is 0.489 e. The van der Waals surface area contributed by atoms with E-state index >= 15 is 0 Å². The van der Waals surface area contributed by atoms with Crippen molar-refractivity contribution in [2.75, 3.05) is 6.61 Å². The Balaban J connectivity index is 2.02. The summed E-state index contributed by atoms with van der Waals surface area (Å²) < 4.78 is 47.0. The van der Waals surface area contributed by atoms with E-state index in [2.05, 4.69) is 15.9 Å². The molecule has 0 aromatic heterocycles. The number of hydrogen-bond acceptors (Lipinski definition) is 2. The average Bonchev–Trinajstić information content (AvgIpc) is 2.55. The van der Waals surface area contributed by atoms with Crippen molar-refractivity contribution >= 4 is 39.1 Å². The molecule has 0 saturated carbocycles. The predicted octanol–water partition coefficient (Wildman–Crippen LogP) is 6.79. The minimum atomic E-state index is -4.47. The molecule has 2 aromatic carbocycles. The van der Waals surface area contributed by atoms with Gasteiger partial charge in [-0.1, -0.05) is 53.5 Å². The highest BCUT2D eigenvalue weighted by Crippen LogP contribution is 2.37. The molecule has 2 aromatic rings. The summed E-state index contributed by atoms with van der Waals surface area (Å²) in [5.74, 6) is 0.521. The zero-order valence-corrected chi connectivity index (χ0v) is 15.7. The van der Waals surface area contributed by atoms with Crippen molar-refractivity contribution in [1.82, 2.24) is 0 Å². The van der Waals surface area contributed by atoms with Crippen LogP contribution < -0.4 is 9.47 Å². The molecule has 0 fully saturated rings. The third-order valence-electron chi connectivity index (χ3n) is 2.98. The van der Waals surface area contributed by atoms with Gasteiger partial charge in [-0.15, -0.1) is 0 Å². The molecule has 0 bridgehead atoms. The molecule has 25 heavy (non-hydrogen) atoms. The minimum absolute atomic E-state index is 0.0918. The molecule has 0 amide bonds. The second kappa shape index (κ2) is 8.83. The number of benzene rings is 2. The summed E-state index contributed by atoms with van der Waals surface area (Å²) in [4.78, 5) is 0. The van der Waals surface area contributed by atoms with Crippen LogP contribution in [0, 0.1) is 0 Å². The number of hydrogen-bond donors (Lipinski definition) is 0. The van der Waals surface area contributed by atoms with E-state index in [4.69, 9.17) is 32.7 Å². The molecule has 134 valence electrons. The average molecular weight is 456 g/mol. The molecular weight excluding hydrogens is 444 g/mol. The molecule has 0 atom stereocenters. The van der Waals surface area contributed by atoms with Gasteiger partial charge < -0.3 is 9.47 Å². The molecule has 0 aliphatic heterocycles. The maximum Gasteiger partial charge on any atom is 0.422 e. The normalized spacial score (nSPS) is 12.2. The lowest BCUT2D eigenvalue weighted by molar-refractivity contribution is -0.0832. The van der Waals surface area contributed by atoms with Gasteiger partial charge in [0.25, 0.3) is 0 Å². The van der Waals surface area contributed by atoms with E-state index in [1.54, 1.807) is 0 Å². The Morgan fingerprint density at radius 2 is 1.64 bits per heavy atom. The van der Waals surface area contributed by atoms with E-state index in [1.165, 1.54) is 12.1 Å². The monoisotopic (exact) mass is 454 g/mol. The van der Waals surface area contributed by atoms with Crippen LogP contribution >= 0.6 is 39.1 Å². The molecule has 0 aliphatic carbocycles. The fourth-order valence-electron chi connectivity index (χ4n) is 1.81. The number of alkyl halides is 3. The smallest absolute Gasteiger partial charge is 0.422 e. The van der Waals surface area contributed by atoms with E-state index in [-0.39, 0.29) is 22.4 Å². The highest BCUT2D eigenvalue weighted by Gasteiger charge is 2.31. The fourth-order valence-corrected chi connectivity index (χ4v) is 2.52. The highest BCUT2D eigenvalue weighted by molar-refractivity contribution is 9.11. The van der Waals surface area contributed by atoms with Crippen molar-refractivity contribution in [2.24, 2.45) is 0 Å². The van der Waals surface area contributed by atoms with E-state index < -0.39 is 10.7 Å². The van der Waals surface area contributed by atoms with Crippen LogP contribution in [0.3, 0.4) is 0 Å². The van der Waals surface area contributed by atoms with E-state index in [0.29, 0.717) is 12.4 Å². The van der Waals surface area contributed by atoms with Crippen LogP contribution in [0.1, 0.15) is 5.56 Å². The van der Waals surface area contributed by atoms with Crippen molar-refractivity contribution in [3.05, 3.63) is 68.6 Å². The number of ether oxygens (including phenoxy) is 2. The van der Waals surface area contributed by atoms with Gasteiger partial charge in [-0.3, -0.25) is 0 Å². The molecule has 0 N–H and O–H groups in total. The standard InChI is InChI=1S/C17H12BrCl2F3O2/c18-15(17(21,22)23)6-7-24-16-13(19)8-12(9-14(16)20)25-10-11-4-2-1-3-5-11/h1-6,8-9H,7,10H2. The van der Waals surface area contributed by atoms with Crippen molar-refractivity contribution < 1.29 is 22.6 Å². The maximum absolute atomic E-state index is 12.4. The first-order valence-electron chi connectivity index (χ1n) is 6.99. The van der Waals surface area contributed by atoms with Gasteiger partial charge in [0.15, 0.2) is 5.75 Å². The third kappa shape index (κ3) is 6.13. The van der Waals surface area contributed by atoms with Gasteiger partial charge in [0.05, 0.1) is 14.5 Å². The maximum atomic E-state index is 12.4. The molecule has 0 unspecified atom stereocenters. The Kier molecular flexibility index (Phi) is 7.04. The quantitative estimate of drug-likeness (QED) is 0.477. The van der Waals surface area contributed by atoms with Crippen LogP contribution in [-0.2, 0) is 6.61 Å². The molecule has 0 heterocycles. The topological polar surface area (TPSA) is 18.5 Å². The third-order valence-corrected chi connectivity index (χ3v) is 4.32. The Morgan fingerprint density at radius 3 is 2.20 bits per heavy atom. The zero-order chi connectivity index (χ0) is 18.4. The summed E-state index contributed by atoms with van der Waals surface area (Å²) in [6.45, 7) is -0.0152. The van der Waals surface area contributed by atoms with Crippen molar-refractivity contribution in [2.45, 2.75) is 12.8 Å². The van der Waals surface area contributed by atoms with E-state index in [0.717, 1.165) is 11.6 Å². The number of allylic oxidation sites excluding steroid dienone is 1. The van der Waals surface area contributed by atoms with Crippen LogP contribution in [0.2, 0.25) is 10.0 Å². The van der Waals surface area contributed by atoms with Crippen molar-refractivity contribution in [3.8, 4) is 11.5 Å². The summed E-state index contributed by atoms with van der Waals surface area (Å²) in [5.41, 5.74) is 0.970. The SMILES string of the molecule is FC(F)(F)C(Br)=CCOc1c(Cl)cc(OCc2ccccc2)cc1Cl. The lowest BCUT2D eigenvalue weighted by Gasteiger charge is -2.12. The van der Waals surface area contributed by atoms with Crippen molar-refractivity contribution in [1.29, 1.82) is 0 Å². The first kappa shape index (κ1) is 19.9. The second-order valence-corrected chi connectivity index (χ2v) is 6.52. The summed E-state index contributed by atoms with van der Waals surface area (Å²) in [6, 6.07) is 12.5. The molecule has 8 heteroatoms. The summed E-state index contributed by atoms with van der Waals surface area (Å²) >= 11 is 14.6. The minimum Gasteiger partial charge on any atom is -0.489 e. The molecule has 0 aliphatic rings. The van der Waals surface area contributed by atoms with Crippen LogP contribution in [0.5, 0.6) is 11.5 Å².